The molecule has 96 valence electrons. The molecule has 6 heteroatoms. The van der Waals surface area contributed by atoms with Crippen LogP contribution in [-0.4, -0.2) is 21.6 Å². The molecule has 0 saturated heterocycles. The molecule has 0 fully saturated rings. The molecule has 1 aromatic carbocycles. The number of halogens is 2. The maximum Gasteiger partial charge on any atom is 0.142 e. The second kappa shape index (κ2) is 5.95. The van der Waals surface area contributed by atoms with Crippen molar-refractivity contribution >= 4 is 11.6 Å². The predicted octanol–water partition coefficient (Wildman–Crippen LogP) is 2.03. The molecule has 18 heavy (non-hydrogen) atoms. The molecule has 0 bridgehead atoms. The van der Waals surface area contributed by atoms with E-state index in [0.717, 1.165) is 5.82 Å². The highest BCUT2D eigenvalue weighted by molar-refractivity contribution is 6.30. The van der Waals surface area contributed by atoms with Crippen LogP contribution in [0.25, 0.3) is 0 Å². The van der Waals surface area contributed by atoms with Crippen molar-refractivity contribution in [3.63, 3.8) is 0 Å². The molecule has 1 atom stereocenters. The molecule has 0 aliphatic carbocycles. The van der Waals surface area contributed by atoms with Crippen molar-refractivity contribution in [1.29, 1.82) is 0 Å². The Bertz CT molecular complexity index is 504. The van der Waals surface area contributed by atoms with Gasteiger partial charge in [0.1, 0.15) is 11.6 Å². The lowest BCUT2D eigenvalue weighted by atomic mass is 10.1. The normalized spacial score (nSPS) is 12.6. The molecule has 0 amide bonds. The lowest BCUT2D eigenvalue weighted by molar-refractivity contribution is 0.173. The van der Waals surface area contributed by atoms with Gasteiger partial charge in [-0.25, -0.2) is 9.37 Å². The van der Waals surface area contributed by atoms with Gasteiger partial charge >= 0.3 is 0 Å². The molecule has 0 spiro atoms. The van der Waals surface area contributed by atoms with Crippen molar-refractivity contribution in [3.8, 4) is 0 Å². The van der Waals surface area contributed by atoms with Crippen LogP contribution in [0.2, 0.25) is 5.02 Å². The first-order chi connectivity index (χ1) is 8.66. The Kier molecular flexibility index (Phi) is 4.30. The van der Waals surface area contributed by atoms with Crippen LogP contribution in [-0.2, 0) is 6.54 Å². The van der Waals surface area contributed by atoms with Crippen LogP contribution in [0.1, 0.15) is 17.5 Å². The Labute approximate surface area is 109 Å². The molecule has 2 aromatic rings. The second-order valence-electron chi connectivity index (χ2n) is 3.86. The smallest absolute Gasteiger partial charge is 0.142 e. The van der Waals surface area contributed by atoms with Crippen LogP contribution in [0.3, 0.4) is 0 Å². The van der Waals surface area contributed by atoms with E-state index < -0.39 is 11.9 Å². The summed E-state index contributed by atoms with van der Waals surface area (Å²) in [5.41, 5.74) is 0.490. The molecule has 0 radical (unpaired) electrons. The van der Waals surface area contributed by atoms with E-state index in [2.05, 4.69) is 15.3 Å². The van der Waals surface area contributed by atoms with E-state index in [0.29, 0.717) is 18.7 Å². The van der Waals surface area contributed by atoms with Gasteiger partial charge in [-0.05, 0) is 17.7 Å². The van der Waals surface area contributed by atoms with Crippen LogP contribution in [0.15, 0.2) is 30.6 Å². The summed E-state index contributed by atoms with van der Waals surface area (Å²) in [7, 11) is 0. The zero-order chi connectivity index (χ0) is 13.0. The van der Waals surface area contributed by atoms with E-state index in [1.165, 1.54) is 12.1 Å². The number of hydrogen-bond acceptors (Lipinski definition) is 3. The zero-order valence-electron chi connectivity index (χ0n) is 9.53. The lowest BCUT2D eigenvalue weighted by Crippen LogP contribution is -2.21. The number of aromatic nitrogens is 2. The van der Waals surface area contributed by atoms with Gasteiger partial charge in [-0.3, -0.25) is 0 Å². The Balaban J connectivity index is 1.87. The molecule has 0 aliphatic heterocycles. The third-order valence-corrected chi connectivity index (χ3v) is 2.82. The van der Waals surface area contributed by atoms with Crippen LogP contribution >= 0.6 is 11.6 Å². The van der Waals surface area contributed by atoms with E-state index in [9.17, 15) is 9.50 Å². The average Bonchev–Trinajstić information content (AvgIpc) is 2.85. The minimum atomic E-state index is -0.785. The molecular weight excluding hydrogens is 257 g/mol. The molecule has 0 saturated carbocycles. The second-order valence-corrected chi connectivity index (χ2v) is 4.26. The highest BCUT2D eigenvalue weighted by Gasteiger charge is 2.10. The van der Waals surface area contributed by atoms with Crippen LogP contribution in [0.4, 0.5) is 4.39 Å². The van der Waals surface area contributed by atoms with Gasteiger partial charge in [0.25, 0.3) is 0 Å². The number of benzene rings is 1. The third kappa shape index (κ3) is 3.29. The summed E-state index contributed by atoms with van der Waals surface area (Å²) in [5.74, 6) is 0.253. The van der Waals surface area contributed by atoms with Crippen molar-refractivity contribution in [3.05, 3.63) is 52.8 Å². The quantitative estimate of drug-likeness (QED) is 0.778. The van der Waals surface area contributed by atoms with Gasteiger partial charge in [0.15, 0.2) is 0 Å². The number of imidazole rings is 1. The van der Waals surface area contributed by atoms with Crippen molar-refractivity contribution in [1.82, 2.24) is 15.3 Å². The summed E-state index contributed by atoms with van der Waals surface area (Å²) < 4.78 is 13.2. The number of nitrogens with one attached hydrogen (secondary N) is 2. The first kappa shape index (κ1) is 13.0. The van der Waals surface area contributed by atoms with Crippen LogP contribution < -0.4 is 5.32 Å². The lowest BCUT2D eigenvalue weighted by Gasteiger charge is -2.12. The maximum absolute atomic E-state index is 13.2. The summed E-state index contributed by atoms with van der Waals surface area (Å²) >= 11 is 5.57. The predicted molar refractivity (Wildman–Crippen MR) is 66.7 cm³/mol. The molecule has 2 rings (SSSR count). The fourth-order valence-corrected chi connectivity index (χ4v) is 1.68. The summed E-state index contributed by atoms with van der Waals surface area (Å²) in [6.07, 6.45) is 2.59. The Morgan fingerprint density at radius 1 is 1.50 bits per heavy atom. The average molecular weight is 270 g/mol. The summed E-state index contributed by atoms with van der Waals surface area (Å²) in [6, 6.07) is 4.27. The molecule has 1 heterocycles. The number of nitrogens with zero attached hydrogens (tertiary/aromatic N) is 1. The Morgan fingerprint density at radius 2 is 2.33 bits per heavy atom. The topological polar surface area (TPSA) is 60.9 Å². The van der Waals surface area contributed by atoms with Crippen molar-refractivity contribution in [2.45, 2.75) is 12.6 Å². The summed E-state index contributed by atoms with van der Waals surface area (Å²) in [5, 5.41) is 12.9. The standard InChI is InChI=1S/C12H13ClFN3O/c13-9-2-1-8(5-10(9)14)11(18)6-15-7-12-16-3-4-17-12/h1-5,11,15,18H,6-7H2,(H,16,17). The number of H-pyrrole nitrogens is 1. The molecule has 1 unspecified atom stereocenters. The van der Waals surface area contributed by atoms with E-state index in [-0.39, 0.29) is 5.02 Å². The molecule has 1 aromatic heterocycles. The van der Waals surface area contributed by atoms with E-state index in [4.69, 9.17) is 11.6 Å². The van der Waals surface area contributed by atoms with Crippen molar-refractivity contribution < 1.29 is 9.50 Å². The van der Waals surface area contributed by atoms with Gasteiger partial charge in [0.05, 0.1) is 17.7 Å². The molecule has 0 aliphatic rings. The van der Waals surface area contributed by atoms with Gasteiger partial charge in [-0.15, -0.1) is 0 Å². The fourth-order valence-electron chi connectivity index (χ4n) is 1.56. The fraction of sp³-hybridized carbons (Fsp3) is 0.250. The molecular formula is C12H13ClFN3O. The van der Waals surface area contributed by atoms with Gasteiger partial charge in [0, 0.05) is 18.9 Å². The van der Waals surface area contributed by atoms with Crippen molar-refractivity contribution in [2.24, 2.45) is 0 Å². The van der Waals surface area contributed by atoms with E-state index in [1.807, 2.05) is 0 Å². The van der Waals surface area contributed by atoms with E-state index >= 15 is 0 Å². The molecule has 3 N–H and O–H groups in total. The molecule has 4 nitrogen and oxygen atoms in total. The van der Waals surface area contributed by atoms with Crippen LogP contribution in [0.5, 0.6) is 0 Å². The Morgan fingerprint density at radius 3 is 3.00 bits per heavy atom. The van der Waals surface area contributed by atoms with Gasteiger partial charge < -0.3 is 15.4 Å². The third-order valence-electron chi connectivity index (χ3n) is 2.51. The van der Waals surface area contributed by atoms with Crippen LogP contribution in [0, 0.1) is 5.82 Å². The SMILES string of the molecule is OC(CNCc1ncc[nH]1)c1ccc(Cl)c(F)c1. The first-order valence-corrected chi connectivity index (χ1v) is 5.86. The van der Waals surface area contributed by atoms with Gasteiger partial charge in [0.2, 0.25) is 0 Å². The number of aliphatic hydroxyl groups excluding tert-OH is 1. The first-order valence-electron chi connectivity index (χ1n) is 5.49. The largest absolute Gasteiger partial charge is 0.387 e. The zero-order valence-corrected chi connectivity index (χ0v) is 10.3. The summed E-state index contributed by atoms with van der Waals surface area (Å²) in [4.78, 5) is 6.97. The van der Waals surface area contributed by atoms with Gasteiger partial charge in [-0.1, -0.05) is 17.7 Å². The van der Waals surface area contributed by atoms with Gasteiger partial charge in [-0.2, -0.15) is 0 Å². The number of rotatable bonds is 5. The highest BCUT2D eigenvalue weighted by atomic mass is 35.5. The minimum absolute atomic E-state index is 0.0505. The van der Waals surface area contributed by atoms with Crippen molar-refractivity contribution in [2.75, 3.05) is 6.54 Å². The Hall–Kier alpha value is -1.43. The number of aliphatic hydroxyl groups is 1. The number of aromatic amines is 1. The number of hydrogen-bond donors (Lipinski definition) is 3. The minimum Gasteiger partial charge on any atom is -0.387 e. The maximum atomic E-state index is 13.2. The monoisotopic (exact) mass is 269 g/mol. The highest BCUT2D eigenvalue weighted by Crippen LogP contribution is 2.19. The van der Waals surface area contributed by atoms with E-state index in [1.54, 1.807) is 18.5 Å². The summed E-state index contributed by atoms with van der Waals surface area (Å²) in [6.45, 7) is 0.821.